The maximum Gasteiger partial charge on any atom is 0.234 e. The fourth-order valence-corrected chi connectivity index (χ4v) is 3.45. The zero-order valence-electron chi connectivity index (χ0n) is 14.0. The third kappa shape index (κ3) is 3.85. The summed E-state index contributed by atoms with van der Waals surface area (Å²) in [6.45, 7) is 1.80. The van der Waals surface area contributed by atoms with Gasteiger partial charge in [-0.05, 0) is 49.6 Å². The molecule has 4 nitrogen and oxygen atoms in total. The molecule has 1 aromatic heterocycles. The van der Waals surface area contributed by atoms with Crippen LogP contribution in [0.4, 0.5) is 4.39 Å². The fraction of sp³-hybridized carbons (Fsp3) is 0.421. The molecular formula is C19H24FN3O. The van der Waals surface area contributed by atoms with E-state index in [0.717, 1.165) is 19.4 Å². The van der Waals surface area contributed by atoms with Gasteiger partial charge >= 0.3 is 0 Å². The Morgan fingerprint density at radius 1 is 1.29 bits per heavy atom. The first-order valence-corrected chi connectivity index (χ1v) is 8.50. The van der Waals surface area contributed by atoms with Gasteiger partial charge in [-0.2, -0.15) is 0 Å². The van der Waals surface area contributed by atoms with Gasteiger partial charge in [0, 0.05) is 25.5 Å². The number of nitrogens with one attached hydrogen (secondary N) is 1. The zero-order valence-corrected chi connectivity index (χ0v) is 14.0. The highest BCUT2D eigenvalue weighted by Crippen LogP contribution is 2.31. The number of hydrogen-bond donors (Lipinski definition) is 1. The van der Waals surface area contributed by atoms with Gasteiger partial charge < -0.3 is 9.88 Å². The predicted molar refractivity (Wildman–Crippen MR) is 92.1 cm³/mol. The van der Waals surface area contributed by atoms with Crippen LogP contribution in [0.2, 0.25) is 0 Å². The maximum atomic E-state index is 13.6. The summed E-state index contributed by atoms with van der Waals surface area (Å²) in [6.07, 6.45) is 4.75. The highest BCUT2D eigenvalue weighted by molar-refractivity contribution is 5.78. The van der Waals surface area contributed by atoms with Gasteiger partial charge in [-0.15, -0.1) is 0 Å². The van der Waals surface area contributed by atoms with Gasteiger partial charge in [0.25, 0.3) is 0 Å². The fourth-order valence-electron chi connectivity index (χ4n) is 3.45. The lowest BCUT2D eigenvalue weighted by atomic mass is 10.1. The standard InChI is InChI=1S/C19H24FN3O/c1-22-12-4-8-17(22)18-9-5-13-23(18)14-19(24)21-11-10-15-6-2-3-7-16(15)20/h2-4,6-8,12,18H,5,9-11,13-14H2,1H3,(H,21,24)/t18-/m1/s1. The summed E-state index contributed by atoms with van der Waals surface area (Å²) in [5.74, 6) is -0.206. The van der Waals surface area contributed by atoms with Crippen LogP contribution in [0.15, 0.2) is 42.6 Å². The number of aryl methyl sites for hydroxylation is 1. The van der Waals surface area contributed by atoms with Crippen LogP contribution < -0.4 is 5.32 Å². The van der Waals surface area contributed by atoms with Crippen molar-refractivity contribution in [1.82, 2.24) is 14.8 Å². The Morgan fingerprint density at radius 2 is 2.12 bits per heavy atom. The van der Waals surface area contributed by atoms with Gasteiger partial charge in [0.2, 0.25) is 5.91 Å². The molecule has 1 amide bonds. The van der Waals surface area contributed by atoms with Crippen LogP contribution in [-0.4, -0.2) is 35.0 Å². The molecule has 3 rings (SSSR count). The van der Waals surface area contributed by atoms with E-state index in [2.05, 4.69) is 20.9 Å². The van der Waals surface area contributed by atoms with Gasteiger partial charge in [-0.25, -0.2) is 4.39 Å². The number of halogens is 1. The minimum atomic E-state index is -0.213. The van der Waals surface area contributed by atoms with Crippen molar-refractivity contribution in [2.45, 2.75) is 25.3 Å². The van der Waals surface area contributed by atoms with Crippen LogP contribution in [0.3, 0.4) is 0 Å². The molecule has 24 heavy (non-hydrogen) atoms. The second-order valence-electron chi connectivity index (χ2n) is 6.36. The minimum Gasteiger partial charge on any atom is -0.355 e. The first kappa shape index (κ1) is 16.7. The smallest absolute Gasteiger partial charge is 0.234 e. The van der Waals surface area contributed by atoms with Crippen molar-refractivity contribution in [3.05, 3.63) is 59.7 Å². The molecule has 1 saturated heterocycles. The number of rotatable bonds is 6. The van der Waals surface area contributed by atoms with Crippen molar-refractivity contribution in [2.75, 3.05) is 19.6 Å². The zero-order chi connectivity index (χ0) is 16.9. The summed E-state index contributed by atoms with van der Waals surface area (Å²) < 4.78 is 15.7. The van der Waals surface area contributed by atoms with Crippen molar-refractivity contribution in [3.8, 4) is 0 Å². The Bertz CT molecular complexity index is 697. The highest BCUT2D eigenvalue weighted by Gasteiger charge is 2.28. The maximum absolute atomic E-state index is 13.6. The van der Waals surface area contributed by atoms with E-state index in [9.17, 15) is 9.18 Å². The van der Waals surface area contributed by atoms with E-state index in [1.807, 2.05) is 25.4 Å². The van der Waals surface area contributed by atoms with E-state index in [4.69, 9.17) is 0 Å². The summed E-state index contributed by atoms with van der Waals surface area (Å²) in [7, 11) is 2.04. The average Bonchev–Trinajstić information content (AvgIpc) is 3.17. The van der Waals surface area contributed by atoms with E-state index >= 15 is 0 Å². The number of likely N-dealkylation sites (tertiary alicyclic amines) is 1. The van der Waals surface area contributed by atoms with Gasteiger partial charge in [0.05, 0.1) is 12.6 Å². The van der Waals surface area contributed by atoms with E-state index in [1.165, 1.54) is 11.8 Å². The van der Waals surface area contributed by atoms with Crippen LogP contribution in [0.5, 0.6) is 0 Å². The number of benzene rings is 1. The Morgan fingerprint density at radius 3 is 2.88 bits per heavy atom. The molecule has 2 heterocycles. The van der Waals surface area contributed by atoms with Gasteiger partial charge in [0.1, 0.15) is 5.82 Å². The lowest BCUT2D eigenvalue weighted by molar-refractivity contribution is -0.122. The van der Waals surface area contributed by atoms with Crippen LogP contribution in [-0.2, 0) is 18.3 Å². The Kier molecular flexibility index (Phi) is 5.30. The van der Waals surface area contributed by atoms with Crippen molar-refractivity contribution >= 4 is 5.91 Å². The molecule has 1 aromatic carbocycles. The van der Waals surface area contributed by atoms with Crippen molar-refractivity contribution in [2.24, 2.45) is 7.05 Å². The first-order chi connectivity index (χ1) is 11.6. The average molecular weight is 329 g/mol. The number of carbonyl (C=O) groups excluding carboxylic acids is 1. The molecular weight excluding hydrogens is 305 g/mol. The molecule has 0 unspecified atom stereocenters. The van der Waals surface area contributed by atoms with E-state index in [-0.39, 0.29) is 11.7 Å². The molecule has 0 saturated carbocycles. The summed E-state index contributed by atoms with van der Waals surface area (Å²) in [4.78, 5) is 14.5. The van der Waals surface area contributed by atoms with Crippen LogP contribution in [0.25, 0.3) is 0 Å². The quantitative estimate of drug-likeness (QED) is 0.885. The lowest BCUT2D eigenvalue weighted by Gasteiger charge is -2.24. The number of hydrogen-bond acceptors (Lipinski definition) is 2. The molecule has 1 atom stereocenters. The van der Waals surface area contributed by atoms with Crippen molar-refractivity contribution in [3.63, 3.8) is 0 Å². The third-order valence-electron chi connectivity index (χ3n) is 4.71. The van der Waals surface area contributed by atoms with Crippen molar-refractivity contribution in [1.29, 1.82) is 0 Å². The number of aromatic nitrogens is 1. The van der Waals surface area contributed by atoms with Crippen LogP contribution >= 0.6 is 0 Å². The Labute approximate surface area is 142 Å². The number of amides is 1. The molecule has 2 aromatic rings. The highest BCUT2D eigenvalue weighted by atomic mass is 19.1. The SMILES string of the molecule is Cn1cccc1[C@H]1CCCN1CC(=O)NCCc1ccccc1F. The predicted octanol–water partition coefficient (Wildman–Crippen LogP) is 2.66. The molecule has 1 N–H and O–H groups in total. The normalized spacial score (nSPS) is 18.0. The van der Waals surface area contributed by atoms with E-state index in [1.54, 1.807) is 12.1 Å². The molecule has 0 bridgehead atoms. The number of nitrogens with zero attached hydrogens (tertiary/aromatic N) is 2. The van der Waals surface area contributed by atoms with Gasteiger partial charge in [-0.3, -0.25) is 9.69 Å². The summed E-state index contributed by atoms with van der Waals surface area (Å²) >= 11 is 0. The number of carbonyl (C=O) groups is 1. The van der Waals surface area contributed by atoms with Gasteiger partial charge in [-0.1, -0.05) is 18.2 Å². The summed E-state index contributed by atoms with van der Waals surface area (Å²) in [5.41, 5.74) is 1.90. The first-order valence-electron chi connectivity index (χ1n) is 8.50. The largest absolute Gasteiger partial charge is 0.355 e. The van der Waals surface area contributed by atoms with Crippen LogP contribution in [0.1, 0.15) is 30.1 Å². The van der Waals surface area contributed by atoms with Crippen molar-refractivity contribution < 1.29 is 9.18 Å². The Balaban J connectivity index is 1.49. The summed E-state index contributed by atoms with van der Waals surface area (Å²) in [5, 5.41) is 2.91. The molecule has 0 spiro atoms. The Hall–Kier alpha value is -2.14. The second kappa shape index (κ2) is 7.62. The summed E-state index contributed by atoms with van der Waals surface area (Å²) in [6, 6.07) is 11.2. The minimum absolute atomic E-state index is 0.00690. The monoisotopic (exact) mass is 329 g/mol. The lowest BCUT2D eigenvalue weighted by Crippen LogP contribution is -2.38. The molecule has 128 valence electrons. The molecule has 1 fully saturated rings. The molecule has 0 aliphatic carbocycles. The van der Waals surface area contributed by atoms with Gasteiger partial charge in [0.15, 0.2) is 0 Å². The molecule has 1 aliphatic heterocycles. The molecule has 1 aliphatic rings. The topological polar surface area (TPSA) is 37.3 Å². The second-order valence-corrected chi connectivity index (χ2v) is 6.36. The molecule has 0 radical (unpaired) electrons. The van der Waals surface area contributed by atoms with Crippen LogP contribution in [0, 0.1) is 5.82 Å². The molecule has 5 heteroatoms. The van der Waals surface area contributed by atoms with E-state index < -0.39 is 0 Å². The third-order valence-corrected chi connectivity index (χ3v) is 4.71. The van der Waals surface area contributed by atoms with E-state index in [0.29, 0.717) is 31.1 Å².